The fourth-order valence-corrected chi connectivity index (χ4v) is 3.06. The van der Waals surface area contributed by atoms with Crippen LogP contribution in [0.3, 0.4) is 0 Å². The van der Waals surface area contributed by atoms with E-state index in [-0.39, 0.29) is 0 Å². The maximum absolute atomic E-state index is 6.40. The molecule has 0 aliphatic carbocycles. The van der Waals surface area contributed by atoms with Crippen LogP contribution >= 0.6 is 0 Å². The summed E-state index contributed by atoms with van der Waals surface area (Å²) in [6.45, 7) is 3.61. The molecular formula is C12H25N3. The molecule has 3 atom stereocenters. The molecule has 0 amide bonds. The summed E-state index contributed by atoms with van der Waals surface area (Å²) in [5.74, 6) is 0.708. The molecular weight excluding hydrogens is 186 g/mol. The smallest absolute Gasteiger partial charge is 0.0235 e. The lowest BCUT2D eigenvalue weighted by atomic mass is 9.84. The van der Waals surface area contributed by atoms with Crippen LogP contribution in [0.1, 0.15) is 32.1 Å². The highest BCUT2D eigenvalue weighted by atomic mass is 15.1. The van der Waals surface area contributed by atoms with Crippen LogP contribution < -0.4 is 11.1 Å². The fourth-order valence-electron chi connectivity index (χ4n) is 3.06. The van der Waals surface area contributed by atoms with E-state index in [2.05, 4.69) is 17.3 Å². The van der Waals surface area contributed by atoms with Crippen LogP contribution in [0, 0.1) is 5.92 Å². The maximum Gasteiger partial charge on any atom is 0.0235 e. The molecule has 2 aliphatic rings. The zero-order valence-electron chi connectivity index (χ0n) is 9.91. The van der Waals surface area contributed by atoms with Crippen molar-refractivity contribution in [2.24, 2.45) is 11.7 Å². The van der Waals surface area contributed by atoms with Crippen molar-refractivity contribution in [3.05, 3.63) is 0 Å². The number of hydrogen-bond donors (Lipinski definition) is 2. The molecule has 3 N–H and O–H groups in total. The average molecular weight is 211 g/mol. The van der Waals surface area contributed by atoms with Gasteiger partial charge in [-0.2, -0.15) is 0 Å². The standard InChI is InChI=1S/C12H25N3/c1-15-8-4-5-10(9-15)12(13)11-6-2-3-7-14-11/h10-12,14H,2-9,13H2,1H3. The van der Waals surface area contributed by atoms with Gasteiger partial charge in [-0.25, -0.2) is 0 Å². The zero-order chi connectivity index (χ0) is 10.7. The first kappa shape index (κ1) is 11.4. The third-order valence-corrected chi connectivity index (χ3v) is 4.02. The molecule has 2 heterocycles. The Balaban J connectivity index is 1.85. The van der Waals surface area contributed by atoms with Crippen molar-refractivity contribution in [2.45, 2.75) is 44.2 Å². The summed E-state index contributed by atoms with van der Waals surface area (Å²) in [5, 5.41) is 3.59. The Labute approximate surface area is 93.4 Å². The molecule has 0 spiro atoms. The van der Waals surface area contributed by atoms with Gasteiger partial charge in [0.15, 0.2) is 0 Å². The van der Waals surface area contributed by atoms with Crippen molar-refractivity contribution >= 4 is 0 Å². The Morgan fingerprint density at radius 2 is 2.13 bits per heavy atom. The van der Waals surface area contributed by atoms with Gasteiger partial charge in [-0.1, -0.05) is 6.42 Å². The van der Waals surface area contributed by atoms with Gasteiger partial charge < -0.3 is 16.0 Å². The van der Waals surface area contributed by atoms with Crippen LogP contribution in [-0.4, -0.2) is 43.7 Å². The number of nitrogens with zero attached hydrogens (tertiary/aromatic N) is 1. The highest BCUT2D eigenvalue weighted by Gasteiger charge is 2.29. The van der Waals surface area contributed by atoms with E-state index >= 15 is 0 Å². The lowest BCUT2D eigenvalue weighted by molar-refractivity contribution is 0.162. The molecule has 0 saturated carbocycles. The van der Waals surface area contributed by atoms with E-state index in [9.17, 15) is 0 Å². The van der Waals surface area contributed by atoms with E-state index in [0.29, 0.717) is 18.0 Å². The summed E-state index contributed by atoms with van der Waals surface area (Å²) >= 11 is 0. The number of nitrogens with two attached hydrogens (primary N) is 1. The van der Waals surface area contributed by atoms with E-state index in [0.717, 1.165) is 0 Å². The van der Waals surface area contributed by atoms with Crippen LogP contribution in [0.2, 0.25) is 0 Å². The van der Waals surface area contributed by atoms with Crippen LogP contribution in [0.5, 0.6) is 0 Å². The van der Waals surface area contributed by atoms with E-state index in [1.807, 2.05) is 0 Å². The predicted molar refractivity (Wildman–Crippen MR) is 63.8 cm³/mol. The van der Waals surface area contributed by atoms with Gasteiger partial charge in [0.2, 0.25) is 0 Å². The van der Waals surface area contributed by atoms with Crippen molar-refractivity contribution in [2.75, 3.05) is 26.7 Å². The minimum absolute atomic E-state index is 0.369. The van der Waals surface area contributed by atoms with Crippen molar-refractivity contribution in [1.29, 1.82) is 0 Å². The Bertz CT molecular complexity index is 189. The molecule has 2 fully saturated rings. The first-order valence-electron chi connectivity index (χ1n) is 6.45. The predicted octanol–water partition coefficient (Wildman–Crippen LogP) is 0.798. The quantitative estimate of drug-likeness (QED) is 0.710. The molecule has 0 radical (unpaired) electrons. The van der Waals surface area contributed by atoms with Gasteiger partial charge in [-0.3, -0.25) is 0 Å². The van der Waals surface area contributed by atoms with Gasteiger partial charge in [0.25, 0.3) is 0 Å². The summed E-state index contributed by atoms with van der Waals surface area (Å²) in [6.07, 6.45) is 6.61. The summed E-state index contributed by atoms with van der Waals surface area (Å²) in [7, 11) is 2.22. The highest BCUT2D eigenvalue weighted by Crippen LogP contribution is 2.22. The molecule has 88 valence electrons. The zero-order valence-corrected chi connectivity index (χ0v) is 9.91. The second-order valence-corrected chi connectivity index (χ2v) is 5.30. The van der Waals surface area contributed by atoms with Crippen molar-refractivity contribution in [1.82, 2.24) is 10.2 Å². The lowest BCUT2D eigenvalue weighted by Gasteiger charge is -2.38. The maximum atomic E-state index is 6.40. The first-order valence-corrected chi connectivity index (χ1v) is 6.45. The van der Waals surface area contributed by atoms with Gasteiger partial charge in [0.1, 0.15) is 0 Å². The number of piperidine rings is 2. The molecule has 2 aliphatic heterocycles. The van der Waals surface area contributed by atoms with Gasteiger partial charge in [-0.15, -0.1) is 0 Å². The molecule has 3 heteroatoms. The highest BCUT2D eigenvalue weighted by molar-refractivity contribution is 4.89. The third kappa shape index (κ3) is 2.92. The van der Waals surface area contributed by atoms with E-state index < -0.39 is 0 Å². The molecule has 2 rings (SSSR count). The van der Waals surface area contributed by atoms with Gasteiger partial charge in [0, 0.05) is 18.6 Å². The monoisotopic (exact) mass is 211 g/mol. The molecule has 0 aromatic carbocycles. The third-order valence-electron chi connectivity index (χ3n) is 4.02. The fraction of sp³-hybridized carbons (Fsp3) is 1.00. The Morgan fingerprint density at radius 3 is 2.80 bits per heavy atom. The number of rotatable bonds is 2. The van der Waals surface area contributed by atoms with Crippen LogP contribution in [0.4, 0.5) is 0 Å². The number of nitrogens with one attached hydrogen (secondary N) is 1. The molecule has 15 heavy (non-hydrogen) atoms. The Hall–Kier alpha value is -0.120. The second kappa shape index (κ2) is 5.28. The minimum Gasteiger partial charge on any atom is -0.326 e. The Morgan fingerprint density at radius 1 is 1.27 bits per heavy atom. The van der Waals surface area contributed by atoms with Gasteiger partial charge in [-0.05, 0) is 51.7 Å². The van der Waals surface area contributed by atoms with E-state index in [1.165, 1.54) is 51.7 Å². The van der Waals surface area contributed by atoms with Gasteiger partial charge >= 0.3 is 0 Å². The summed E-state index contributed by atoms with van der Waals surface area (Å²) < 4.78 is 0. The largest absolute Gasteiger partial charge is 0.326 e. The SMILES string of the molecule is CN1CCCC(C(N)C2CCCCN2)C1. The van der Waals surface area contributed by atoms with E-state index in [1.54, 1.807) is 0 Å². The van der Waals surface area contributed by atoms with Crippen molar-refractivity contribution in [3.8, 4) is 0 Å². The molecule has 2 saturated heterocycles. The topological polar surface area (TPSA) is 41.3 Å². The number of hydrogen-bond acceptors (Lipinski definition) is 3. The molecule has 3 nitrogen and oxygen atoms in total. The van der Waals surface area contributed by atoms with Crippen LogP contribution in [-0.2, 0) is 0 Å². The average Bonchev–Trinajstić information content (AvgIpc) is 2.29. The molecule has 0 bridgehead atoms. The summed E-state index contributed by atoms with van der Waals surface area (Å²) in [6, 6.07) is 0.947. The van der Waals surface area contributed by atoms with Crippen LogP contribution in [0.15, 0.2) is 0 Å². The van der Waals surface area contributed by atoms with Crippen molar-refractivity contribution in [3.63, 3.8) is 0 Å². The first-order chi connectivity index (χ1) is 7.27. The normalized spacial score (nSPS) is 36.4. The number of likely N-dealkylation sites (tertiary alicyclic amines) is 1. The molecule has 0 aromatic heterocycles. The Kier molecular flexibility index (Phi) is 4.00. The van der Waals surface area contributed by atoms with Gasteiger partial charge in [0.05, 0.1) is 0 Å². The van der Waals surface area contributed by atoms with E-state index in [4.69, 9.17) is 5.73 Å². The second-order valence-electron chi connectivity index (χ2n) is 5.30. The minimum atomic E-state index is 0.369. The summed E-state index contributed by atoms with van der Waals surface area (Å²) in [4.78, 5) is 2.43. The summed E-state index contributed by atoms with van der Waals surface area (Å²) in [5.41, 5.74) is 6.40. The molecule has 0 aromatic rings. The molecule has 3 unspecified atom stereocenters. The van der Waals surface area contributed by atoms with Crippen LogP contribution in [0.25, 0.3) is 0 Å². The van der Waals surface area contributed by atoms with Crippen molar-refractivity contribution < 1.29 is 0 Å². The lowest BCUT2D eigenvalue weighted by Crippen LogP contribution is -2.54.